The predicted molar refractivity (Wildman–Crippen MR) is 78.2 cm³/mol. The largest absolute Gasteiger partial charge is 0.388 e. The number of benzene rings is 2. The van der Waals surface area contributed by atoms with Crippen molar-refractivity contribution in [1.82, 2.24) is 0 Å². The van der Waals surface area contributed by atoms with E-state index in [1.54, 1.807) is 12.1 Å². The van der Waals surface area contributed by atoms with Crippen LogP contribution in [0.1, 0.15) is 0 Å². The number of anilines is 3. The molecule has 2 aromatic carbocycles. The average molecular weight is 309 g/mol. The van der Waals surface area contributed by atoms with Gasteiger partial charge in [0.05, 0.1) is 5.69 Å². The summed E-state index contributed by atoms with van der Waals surface area (Å²) in [7, 11) is 3.71. The van der Waals surface area contributed by atoms with Crippen LogP contribution in [0.15, 0.2) is 46.9 Å². The van der Waals surface area contributed by atoms with Crippen LogP contribution in [0.2, 0.25) is 0 Å². The SMILES string of the molecule is CNc1cccc(N(C)c2cc(Br)ccc2F)c1. The summed E-state index contributed by atoms with van der Waals surface area (Å²) in [4.78, 5) is 1.82. The van der Waals surface area contributed by atoms with Crippen molar-refractivity contribution in [1.29, 1.82) is 0 Å². The lowest BCUT2D eigenvalue weighted by atomic mass is 10.2. The number of hydrogen-bond donors (Lipinski definition) is 1. The molecule has 0 spiro atoms. The van der Waals surface area contributed by atoms with Crippen LogP contribution in [-0.4, -0.2) is 14.1 Å². The molecule has 0 radical (unpaired) electrons. The summed E-state index contributed by atoms with van der Waals surface area (Å²) < 4.78 is 14.7. The van der Waals surface area contributed by atoms with Crippen molar-refractivity contribution in [2.75, 3.05) is 24.3 Å². The Labute approximate surface area is 115 Å². The first-order valence-electron chi connectivity index (χ1n) is 5.58. The first-order chi connectivity index (χ1) is 8.61. The van der Waals surface area contributed by atoms with Gasteiger partial charge in [0.15, 0.2) is 0 Å². The molecule has 4 heteroatoms. The smallest absolute Gasteiger partial charge is 0.146 e. The van der Waals surface area contributed by atoms with Crippen molar-refractivity contribution < 1.29 is 4.39 Å². The maximum absolute atomic E-state index is 13.8. The van der Waals surface area contributed by atoms with Crippen LogP contribution < -0.4 is 10.2 Å². The lowest BCUT2D eigenvalue weighted by molar-refractivity contribution is 0.627. The van der Waals surface area contributed by atoms with Crippen molar-refractivity contribution in [2.24, 2.45) is 0 Å². The molecule has 0 aromatic heterocycles. The highest BCUT2D eigenvalue weighted by Crippen LogP contribution is 2.30. The second-order valence-electron chi connectivity index (χ2n) is 3.96. The van der Waals surface area contributed by atoms with E-state index in [9.17, 15) is 4.39 Å². The molecule has 0 bridgehead atoms. The molecule has 94 valence electrons. The normalized spacial score (nSPS) is 10.2. The van der Waals surface area contributed by atoms with E-state index in [0.29, 0.717) is 5.69 Å². The molecule has 0 saturated heterocycles. The number of hydrogen-bond acceptors (Lipinski definition) is 2. The fourth-order valence-corrected chi connectivity index (χ4v) is 2.10. The molecule has 0 amide bonds. The van der Waals surface area contributed by atoms with Crippen molar-refractivity contribution in [3.63, 3.8) is 0 Å². The molecule has 0 aliphatic rings. The number of rotatable bonds is 3. The lowest BCUT2D eigenvalue weighted by Crippen LogP contribution is -2.11. The maximum Gasteiger partial charge on any atom is 0.146 e. The fourth-order valence-electron chi connectivity index (χ4n) is 1.75. The van der Waals surface area contributed by atoms with Crippen LogP contribution in [0.5, 0.6) is 0 Å². The molecule has 1 N–H and O–H groups in total. The van der Waals surface area contributed by atoms with E-state index in [2.05, 4.69) is 21.2 Å². The van der Waals surface area contributed by atoms with Gasteiger partial charge in [0, 0.05) is 29.9 Å². The van der Waals surface area contributed by atoms with Gasteiger partial charge in [-0.05, 0) is 36.4 Å². The molecule has 0 aliphatic heterocycles. The third kappa shape index (κ3) is 2.64. The molecule has 2 rings (SSSR count). The highest BCUT2D eigenvalue weighted by molar-refractivity contribution is 9.10. The summed E-state index contributed by atoms with van der Waals surface area (Å²) in [6.45, 7) is 0. The molecule has 2 nitrogen and oxygen atoms in total. The van der Waals surface area contributed by atoms with Crippen LogP contribution in [-0.2, 0) is 0 Å². The summed E-state index contributed by atoms with van der Waals surface area (Å²) in [5.41, 5.74) is 2.46. The minimum Gasteiger partial charge on any atom is -0.388 e. The van der Waals surface area contributed by atoms with Gasteiger partial charge in [-0.1, -0.05) is 22.0 Å². The number of nitrogens with zero attached hydrogens (tertiary/aromatic N) is 1. The van der Waals surface area contributed by atoms with E-state index in [1.807, 2.05) is 43.3 Å². The second kappa shape index (κ2) is 5.40. The van der Waals surface area contributed by atoms with Gasteiger partial charge in [0.25, 0.3) is 0 Å². The predicted octanol–water partition coefficient (Wildman–Crippen LogP) is 4.40. The highest BCUT2D eigenvalue weighted by atomic mass is 79.9. The summed E-state index contributed by atoms with van der Waals surface area (Å²) in [5, 5.41) is 3.07. The Morgan fingerprint density at radius 1 is 1.17 bits per heavy atom. The van der Waals surface area contributed by atoms with Crippen LogP contribution in [0, 0.1) is 5.82 Å². The summed E-state index contributed by atoms with van der Waals surface area (Å²) in [5.74, 6) is -0.240. The monoisotopic (exact) mass is 308 g/mol. The van der Waals surface area contributed by atoms with Crippen molar-refractivity contribution in [3.05, 3.63) is 52.8 Å². The Kier molecular flexibility index (Phi) is 3.87. The van der Waals surface area contributed by atoms with Gasteiger partial charge >= 0.3 is 0 Å². The summed E-state index contributed by atoms with van der Waals surface area (Å²) in [6.07, 6.45) is 0. The van der Waals surface area contributed by atoms with E-state index >= 15 is 0 Å². The van der Waals surface area contributed by atoms with Gasteiger partial charge in [0.2, 0.25) is 0 Å². The molecular formula is C14H14BrFN2. The molecule has 2 aromatic rings. The van der Waals surface area contributed by atoms with Crippen LogP contribution in [0.25, 0.3) is 0 Å². The Morgan fingerprint density at radius 2 is 1.94 bits per heavy atom. The highest BCUT2D eigenvalue weighted by Gasteiger charge is 2.10. The Balaban J connectivity index is 2.40. The Hall–Kier alpha value is -1.55. The maximum atomic E-state index is 13.8. The molecule has 0 atom stereocenters. The molecule has 0 fully saturated rings. The first kappa shape index (κ1) is 12.9. The van der Waals surface area contributed by atoms with E-state index in [1.165, 1.54) is 6.07 Å². The standard InChI is InChI=1S/C14H14BrFN2/c1-17-11-4-3-5-12(9-11)18(2)14-8-10(15)6-7-13(14)16/h3-9,17H,1-2H3. The minimum absolute atomic E-state index is 0.240. The van der Waals surface area contributed by atoms with Crippen molar-refractivity contribution in [3.8, 4) is 0 Å². The third-order valence-electron chi connectivity index (χ3n) is 2.79. The fraction of sp³-hybridized carbons (Fsp3) is 0.143. The quantitative estimate of drug-likeness (QED) is 0.904. The summed E-state index contributed by atoms with van der Waals surface area (Å²) in [6, 6.07) is 12.7. The van der Waals surface area contributed by atoms with Gasteiger partial charge in [-0.3, -0.25) is 0 Å². The third-order valence-corrected chi connectivity index (χ3v) is 3.28. The molecule has 0 aliphatic carbocycles. The number of nitrogens with one attached hydrogen (secondary N) is 1. The van der Waals surface area contributed by atoms with E-state index in [4.69, 9.17) is 0 Å². The van der Waals surface area contributed by atoms with Crippen LogP contribution >= 0.6 is 15.9 Å². The van der Waals surface area contributed by atoms with E-state index in [0.717, 1.165) is 15.8 Å². The van der Waals surface area contributed by atoms with Gasteiger partial charge in [-0.15, -0.1) is 0 Å². The van der Waals surface area contributed by atoms with Crippen LogP contribution in [0.4, 0.5) is 21.5 Å². The molecule has 0 saturated carbocycles. The van der Waals surface area contributed by atoms with Crippen LogP contribution in [0.3, 0.4) is 0 Å². The molecule has 0 unspecified atom stereocenters. The Bertz CT molecular complexity index is 557. The zero-order valence-corrected chi connectivity index (χ0v) is 11.8. The zero-order valence-electron chi connectivity index (χ0n) is 10.2. The second-order valence-corrected chi connectivity index (χ2v) is 4.87. The van der Waals surface area contributed by atoms with Crippen molar-refractivity contribution in [2.45, 2.75) is 0 Å². The van der Waals surface area contributed by atoms with Gasteiger partial charge in [0.1, 0.15) is 5.82 Å². The molecule has 18 heavy (non-hydrogen) atoms. The minimum atomic E-state index is -0.240. The van der Waals surface area contributed by atoms with Gasteiger partial charge in [-0.25, -0.2) is 4.39 Å². The lowest BCUT2D eigenvalue weighted by Gasteiger charge is -2.21. The van der Waals surface area contributed by atoms with E-state index < -0.39 is 0 Å². The average Bonchev–Trinajstić information content (AvgIpc) is 2.41. The topological polar surface area (TPSA) is 15.3 Å². The molecule has 0 heterocycles. The number of halogens is 2. The molecular weight excluding hydrogens is 295 g/mol. The van der Waals surface area contributed by atoms with Gasteiger partial charge in [-0.2, -0.15) is 0 Å². The van der Waals surface area contributed by atoms with Crippen molar-refractivity contribution >= 4 is 33.0 Å². The van der Waals surface area contributed by atoms with E-state index in [-0.39, 0.29) is 5.82 Å². The summed E-state index contributed by atoms with van der Waals surface area (Å²) >= 11 is 3.36. The first-order valence-corrected chi connectivity index (χ1v) is 6.37. The zero-order chi connectivity index (χ0) is 13.1. The van der Waals surface area contributed by atoms with Gasteiger partial charge < -0.3 is 10.2 Å². The Morgan fingerprint density at radius 3 is 2.67 bits per heavy atom.